The van der Waals surface area contributed by atoms with Gasteiger partial charge in [-0.25, -0.2) is 17.2 Å². The number of hydrogen-bond donors (Lipinski definition) is 2. The molecule has 1 unspecified atom stereocenters. The summed E-state index contributed by atoms with van der Waals surface area (Å²) in [6.45, 7) is 1.72. The second-order valence-corrected chi connectivity index (χ2v) is 10.8. The molecule has 4 rings (SSSR count). The first-order valence-corrected chi connectivity index (χ1v) is 13.1. The fourth-order valence-electron chi connectivity index (χ4n) is 4.46. The van der Waals surface area contributed by atoms with Crippen molar-refractivity contribution in [3.05, 3.63) is 77.9 Å². The van der Waals surface area contributed by atoms with Crippen LogP contribution in [0.3, 0.4) is 0 Å². The van der Waals surface area contributed by atoms with Crippen molar-refractivity contribution in [2.45, 2.75) is 43.2 Å². The van der Waals surface area contributed by atoms with Crippen molar-refractivity contribution < 1.29 is 26.8 Å². The number of carbonyl (C=O) groups is 2. The van der Waals surface area contributed by atoms with E-state index in [2.05, 4.69) is 10.6 Å². The van der Waals surface area contributed by atoms with Gasteiger partial charge in [-0.2, -0.15) is 4.31 Å². The fraction of sp³-hybridized carbons (Fsp3) is 0.308. The van der Waals surface area contributed by atoms with E-state index >= 15 is 0 Å². The number of fused-ring (bicyclic) bond motifs is 1. The molecule has 3 aromatic carbocycles. The quantitative estimate of drug-likeness (QED) is 0.506. The van der Waals surface area contributed by atoms with E-state index < -0.39 is 39.5 Å². The Hall–Kier alpha value is -3.37. The smallest absolute Gasteiger partial charge is 0.243 e. The zero-order chi connectivity index (χ0) is 25.9. The average Bonchev–Trinajstić information content (AvgIpc) is 2.85. The Balaban J connectivity index is 1.41. The SMILES string of the molecule is CC(=O)NC(Cc1ccc(F)c(F)c1)C(=O)NC1CCN(S(=O)(=O)c2cccc3ccccc23)CC1. The van der Waals surface area contributed by atoms with E-state index in [0.717, 1.165) is 17.5 Å². The van der Waals surface area contributed by atoms with E-state index in [9.17, 15) is 26.8 Å². The molecule has 0 aliphatic carbocycles. The van der Waals surface area contributed by atoms with Gasteiger partial charge in [-0.3, -0.25) is 9.59 Å². The number of benzene rings is 3. The summed E-state index contributed by atoms with van der Waals surface area (Å²) in [5, 5.41) is 6.92. The first-order chi connectivity index (χ1) is 17.1. The summed E-state index contributed by atoms with van der Waals surface area (Å²) in [4.78, 5) is 24.8. The Morgan fingerprint density at radius 3 is 2.39 bits per heavy atom. The molecule has 10 heteroatoms. The topological polar surface area (TPSA) is 95.6 Å². The minimum Gasteiger partial charge on any atom is -0.351 e. The molecule has 2 amide bonds. The zero-order valence-electron chi connectivity index (χ0n) is 19.7. The molecule has 36 heavy (non-hydrogen) atoms. The van der Waals surface area contributed by atoms with Gasteiger partial charge in [-0.1, -0.05) is 42.5 Å². The summed E-state index contributed by atoms with van der Waals surface area (Å²) in [6, 6.07) is 14.5. The maximum atomic E-state index is 13.6. The van der Waals surface area contributed by atoms with Gasteiger partial charge in [-0.15, -0.1) is 0 Å². The molecular formula is C26H27F2N3O4S. The van der Waals surface area contributed by atoms with Crippen LogP contribution in [0.15, 0.2) is 65.6 Å². The lowest BCUT2D eigenvalue weighted by molar-refractivity contribution is -0.128. The number of halogens is 2. The highest BCUT2D eigenvalue weighted by molar-refractivity contribution is 7.89. The van der Waals surface area contributed by atoms with Gasteiger partial charge in [0, 0.05) is 37.9 Å². The van der Waals surface area contributed by atoms with E-state index in [1.165, 1.54) is 17.3 Å². The summed E-state index contributed by atoms with van der Waals surface area (Å²) in [7, 11) is -3.72. The summed E-state index contributed by atoms with van der Waals surface area (Å²) in [6.07, 6.45) is 0.776. The van der Waals surface area contributed by atoms with Crippen LogP contribution in [-0.4, -0.2) is 49.7 Å². The molecule has 1 aliphatic heterocycles. The highest BCUT2D eigenvalue weighted by Gasteiger charge is 2.32. The van der Waals surface area contributed by atoms with Crippen molar-refractivity contribution >= 4 is 32.6 Å². The lowest BCUT2D eigenvalue weighted by atomic mass is 10.0. The standard InChI is InChI=1S/C26H27F2N3O4S/c1-17(32)29-24(16-18-9-10-22(27)23(28)15-18)26(33)30-20-11-13-31(14-12-20)36(34,35)25-8-4-6-19-5-2-3-7-21(19)25/h2-10,15,20,24H,11-14,16H2,1H3,(H,29,32)(H,30,33). The number of hydrogen-bond acceptors (Lipinski definition) is 4. The molecule has 0 bridgehead atoms. The van der Waals surface area contributed by atoms with Crippen LogP contribution in [0.2, 0.25) is 0 Å². The van der Waals surface area contributed by atoms with Gasteiger partial charge in [-0.05, 0) is 42.0 Å². The van der Waals surface area contributed by atoms with E-state index in [0.29, 0.717) is 23.8 Å². The number of sulfonamides is 1. The van der Waals surface area contributed by atoms with E-state index in [1.807, 2.05) is 18.2 Å². The number of amides is 2. The molecule has 0 spiro atoms. The third-order valence-corrected chi connectivity index (χ3v) is 8.24. The summed E-state index contributed by atoms with van der Waals surface area (Å²) in [5.41, 5.74) is 0.360. The summed E-state index contributed by atoms with van der Waals surface area (Å²) < 4.78 is 55.0. The number of nitrogens with zero attached hydrogens (tertiary/aromatic N) is 1. The van der Waals surface area contributed by atoms with Gasteiger partial charge in [0.1, 0.15) is 6.04 Å². The largest absolute Gasteiger partial charge is 0.351 e. The predicted molar refractivity (Wildman–Crippen MR) is 132 cm³/mol. The zero-order valence-corrected chi connectivity index (χ0v) is 20.5. The van der Waals surface area contributed by atoms with Crippen LogP contribution in [0.5, 0.6) is 0 Å². The first-order valence-electron chi connectivity index (χ1n) is 11.6. The van der Waals surface area contributed by atoms with Gasteiger partial charge < -0.3 is 10.6 Å². The Labute approximate surface area is 208 Å². The highest BCUT2D eigenvalue weighted by Crippen LogP contribution is 2.27. The molecule has 190 valence electrons. The molecule has 3 aromatic rings. The second-order valence-electron chi connectivity index (χ2n) is 8.87. The van der Waals surface area contributed by atoms with E-state index in [1.54, 1.807) is 24.3 Å². The van der Waals surface area contributed by atoms with Crippen LogP contribution in [-0.2, 0) is 26.0 Å². The molecule has 1 fully saturated rings. The van der Waals surface area contributed by atoms with Crippen LogP contribution in [0.1, 0.15) is 25.3 Å². The third-order valence-electron chi connectivity index (χ3n) is 6.29. The molecule has 0 aromatic heterocycles. The minimum atomic E-state index is -3.72. The normalized spacial score (nSPS) is 16.0. The van der Waals surface area contributed by atoms with Crippen LogP contribution in [0.4, 0.5) is 8.78 Å². The fourth-order valence-corrected chi connectivity index (χ4v) is 6.14. The molecule has 0 radical (unpaired) electrons. The molecule has 0 saturated carbocycles. The molecule has 1 saturated heterocycles. The van der Waals surface area contributed by atoms with Gasteiger partial charge in [0.2, 0.25) is 21.8 Å². The van der Waals surface area contributed by atoms with Crippen LogP contribution in [0, 0.1) is 11.6 Å². The van der Waals surface area contributed by atoms with Crippen molar-refractivity contribution in [2.24, 2.45) is 0 Å². The van der Waals surface area contributed by atoms with E-state index in [4.69, 9.17) is 0 Å². The average molecular weight is 516 g/mol. The van der Waals surface area contributed by atoms with Gasteiger partial charge >= 0.3 is 0 Å². The molecule has 1 atom stereocenters. The number of nitrogens with one attached hydrogen (secondary N) is 2. The number of rotatable bonds is 7. The Morgan fingerprint density at radius 2 is 1.69 bits per heavy atom. The van der Waals surface area contributed by atoms with Crippen molar-refractivity contribution in [3.8, 4) is 0 Å². The summed E-state index contributed by atoms with van der Waals surface area (Å²) in [5.74, 6) is -2.93. The lowest BCUT2D eigenvalue weighted by Crippen LogP contribution is -2.53. The highest BCUT2D eigenvalue weighted by atomic mass is 32.2. The molecular weight excluding hydrogens is 488 g/mol. The predicted octanol–water partition coefficient (Wildman–Crippen LogP) is 3.13. The molecule has 2 N–H and O–H groups in total. The van der Waals surface area contributed by atoms with Crippen LogP contribution < -0.4 is 10.6 Å². The van der Waals surface area contributed by atoms with Crippen LogP contribution in [0.25, 0.3) is 10.8 Å². The maximum absolute atomic E-state index is 13.6. The van der Waals surface area contributed by atoms with Crippen molar-refractivity contribution in [1.82, 2.24) is 14.9 Å². The second kappa shape index (κ2) is 10.7. The molecule has 7 nitrogen and oxygen atoms in total. The first kappa shape index (κ1) is 25.7. The van der Waals surface area contributed by atoms with Gasteiger partial charge in [0.15, 0.2) is 11.6 Å². The Morgan fingerprint density at radius 1 is 1.00 bits per heavy atom. The Bertz CT molecular complexity index is 1380. The summed E-state index contributed by atoms with van der Waals surface area (Å²) >= 11 is 0. The number of piperidine rings is 1. The monoisotopic (exact) mass is 515 g/mol. The maximum Gasteiger partial charge on any atom is 0.243 e. The van der Waals surface area contributed by atoms with Crippen molar-refractivity contribution in [2.75, 3.05) is 13.1 Å². The van der Waals surface area contributed by atoms with Crippen molar-refractivity contribution in [1.29, 1.82) is 0 Å². The molecule has 1 aliphatic rings. The minimum absolute atomic E-state index is 0.0169. The van der Waals surface area contributed by atoms with Gasteiger partial charge in [0.25, 0.3) is 0 Å². The van der Waals surface area contributed by atoms with Crippen LogP contribution >= 0.6 is 0 Å². The van der Waals surface area contributed by atoms with Crippen molar-refractivity contribution in [3.63, 3.8) is 0 Å². The van der Waals surface area contributed by atoms with Gasteiger partial charge in [0.05, 0.1) is 4.90 Å². The Kier molecular flexibility index (Phi) is 7.65. The third kappa shape index (κ3) is 5.71. The molecule has 1 heterocycles. The van der Waals surface area contributed by atoms with E-state index in [-0.39, 0.29) is 30.4 Å². The number of carbonyl (C=O) groups excluding carboxylic acids is 2. The lowest BCUT2D eigenvalue weighted by Gasteiger charge is -2.32.